The number of carbonyl (C=O) groups is 1. The molecule has 0 aliphatic carbocycles. The van der Waals surface area contributed by atoms with Gasteiger partial charge in [0.25, 0.3) is 5.91 Å². The zero-order valence-electron chi connectivity index (χ0n) is 18.3. The van der Waals surface area contributed by atoms with Crippen LogP contribution >= 0.6 is 24.0 Å². The van der Waals surface area contributed by atoms with Crippen LogP contribution in [0.25, 0.3) is 0 Å². The van der Waals surface area contributed by atoms with Gasteiger partial charge in [0.15, 0.2) is 12.6 Å². The smallest absolute Gasteiger partial charge is 0.265 e. The lowest BCUT2D eigenvalue weighted by molar-refractivity contribution is -0.121. The van der Waals surface area contributed by atoms with Gasteiger partial charge in [-0.15, -0.1) is 24.0 Å². The molecule has 0 unspecified atom stereocenters. The third kappa shape index (κ3) is 8.46. The second kappa shape index (κ2) is 14.5. The minimum atomic E-state index is -0.00282. The van der Waals surface area contributed by atoms with E-state index in [2.05, 4.69) is 15.6 Å². The fourth-order valence-corrected chi connectivity index (χ4v) is 3.61. The lowest BCUT2D eigenvalue weighted by Crippen LogP contribution is -2.42. The maximum atomic E-state index is 12.2. The van der Waals surface area contributed by atoms with Crippen molar-refractivity contribution in [3.8, 4) is 5.75 Å². The van der Waals surface area contributed by atoms with Crippen molar-refractivity contribution >= 4 is 41.5 Å². The van der Waals surface area contributed by atoms with E-state index in [1.165, 1.54) is 0 Å². The molecular formula is C22H35IN4O4. The highest BCUT2D eigenvalue weighted by Gasteiger charge is 2.24. The van der Waals surface area contributed by atoms with Gasteiger partial charge in [-0.1, -0.05) is 12.1 Å². The number of fused-ring (bicyclic) bond motifs is 1. The minimum absolute atomic E-state index is 0. The molecule has 0 saturated carbocycles. The molecule has 1 aromatic carbocycles. The molecule has 8 nitrogen and oxygen atoms in total. The molecule has 3 rings (SSSR count). The van der Waals surface area contributed by atoms with Gasteiger partial charge in [0.2, 0.25) is 0 Å². The van der Waals surface area contributed by atoms with Gasteiger partial charge in [0, 0.05) is 53.1 Å². The summed E-state index contributed by atoms with van der Waals surface area (Å²) in [6.45, 7) is 5.59. The van der Waals surface area contributed by atoms with Crippen LogP contribution in [0, 0.1) is 5.92 Å². The summed E-state index contributed by atoms with van der Waals surface area (Å²) in [5.41, 5.74) is 0.844. The van der Waals surface area contributed by atoms with E-state index in [0.717, 1.165) is 82.6 Å². The molecule has 1 saturated heterocycles. The Morgan fingerprint density at radius 1 is 1.19 bits per heavy atom. The predicted molar refractivity (Wildman–Crippen MR) is 133 cm³/mol. The number of amides is 1. The fraction of sp³-hybridized carbons (Fsp3) is 0.636. The minimum Gasteiger partial charge on any atom is -0.482 e. The quantitative estimate of drug-likeness (QED) is 0.203. The number of aliphatic imine (C=N–C) groups is 1. The molecule has 1 amide bonds. The van der Waals surface area contributed by atoms with Crippen molar-refractivity contribution in [1.82, 2.24) is 10.6 Å². The molecule has 2 N–H and O–H groups in total. The summed E-state index contributed by atoms with van der Waals surface area (Å²) in [5, 5.41) is 6.61. The van der Waals surface area contributed by atoms with Crippen LogP contribution in [0.2, 0.25) is 0 Å². The Labute approximate surface area is 202 Å². The maximum absolute atomic E-state index is 12.2. The van der Waals surface area contributed by atoms with Crippen molar-refractivity contribution in [2.45, 2.75) is 25.7 Å². The summed E-state index contributed by atoms with van der Waals surface area (Å²) in [7, 11) is 1.76. The van der Waals surface area contributed by atoms with Crippen LogP contribution in [0.15, 0.2) is 29.3 Å². The molecule has 174 valence electrons. The fourth-order valence-electron chi connectivity index (χ4n) is 3.61. The normalized spacial score (nSPS) is 16.9. The van der Waals surface area contributed by atoms with E-state index in [1.54, 1.807) is 11.9 Å². The first kappa shape index (κ1) is 25.7. The molecule has 1 fully saturated rings. The third-order valence-corrected chi connectivity index (χ3v) is 5.34. The van der Waals surface area contributed by atoms with Gasteiger partial charge in [0.1, 0.15) is 5.75 Å². The van der Waals surface area contributed by atoms with E-state index < -0.39 is 0 Å². The summed E-state index contributed by atoms with van der Waals surface area (Å²) >= 11 is 0. The van der Waals surface area contributed by atoms with Crippen molar-refractivity contribution in [3.05, 3.63) is 24.3 Å². The standard InChI is InChI=1S/C22H34N4O4.HI/c1-23-22(25-11-5-13-29-16-18-8-14-28-15-9-18)24-10-4-12-26-19-6-2-3-7-20(19)30-17-21(26)27;/h2-3,6-7,18H,4-5,8-17H2,1H3,(H2,23,24,25);1H. The number of anilines is 1. The van der Waals surface area contributed by atoms with E-state index in [9.17, 15) is 4.79 Å². The number of benzene rings is 1. The van der Waals surface area contributed by atoms with Crippen LogP contribution in [-0.4, -0.2) is 71.6 Å². The van der Waals surface area contributed by atoms with E-state index >= 15 is 0 Å². The molecule has 0 atom stereocenters. The van der Waals surface area contributed by atoms with Gasteiger partial charge >= 0.3 is 0 Å². The Balaban J connectivity index is 0.00000341. The highest BCUT2D eigenvalue weighted by molar-refractivity contribution is 14.0. The number of carbonyl (C=O) groups excluding carboxylic acids is 1. The topological polar surface area (TPSA) is 84.4 Å². The number of rotatable bonds is 10. The molecular weight excluding hydrogens is 511 g/mol. The molecule has 9 heteroatoms. The summed E-state index contributed by atoms with van der Waals surface area (Å²) < 4.78 is 16.6. The van der Waals surface area contributed by atoms with Crippen LogP contribution in [0.1, 0.15) is 25.7 Å². The summed E-state index contributed by atoms with van der Waals surface area (Å²) in [4.78, 5) is 18.2. The number of halogens is 1. The molecule has 0 aromatic heterocycles. The Kier molecular flexibility index (Phi) is 12.0. The van der Waals surface area contributed by atoms with E-state index in [-0.39, 0.29) is 36.5 Å². The summed E-state index contributed by atoms with van der Waals surface area (Å²) in [5.74, 6) is 2.18. The number of nitrogens with zero attached hydrogens (tertiary/aromatic N) is 2. The average Bonchev–Trinajstić information content (AvgIpc) is 2.79. The highest BCUT2D eigenvalue weighted by atomic mass is 127. The summed E-state index contributed by atoms with van der Waals surface area (Å²) in [6, 6.07) is 7.65. The van der Waals surface area contributed by atoms with Crippen LogP contribution in [0.4, 0.5) is 5.69 Å². The van der Waals surface area contributed by atoms with Gasteiger partial charge in [-0.3, -0.25) is 9.79 Å². The number of para-hydroxylation sites is 2. The number of guanidine groups is 1. The van der Waals surface area contributed by atoms with Gasteiger partial charge in [-0.25, -0.2) is 0 Å². The maximum Gasteiger partial charge on any atom is 0.265 e. The Bertz CT molecular complexity index is 698. The first-order valence-electron chi connectivity index (χ1n) is 10.9. The number of nitrogens with one attached hydrogen (secondary N) is 2. The number of ether oxygens (including phenoxy) is 3. The van der Waals surface area contributed by atoms with Gasteiger partial charge in [0.05, 0.1) is 5.69 Å². The van der Waals surface area contributed by atoms with Gasteiger partial charge < -0.3 is 29.7 Å². The molecule has 0 spiro atoms. The van der Waals surface area contributed by atoms with Gasteiger partial charge in [-0.2, -0.15) is 0 Å². The SMILES string of the molecule is CN=C(NCCCOCC1CCOCC1)NCCCN1C(=O)COc2ccccc21.I. The van der Waals surface area contributed by atoms with Crippen molar-refractivity contribution in [3.63, 3.8) is 0 Å². The Morgan fingerprint density at radius 3 is 2.71 bits per heavy atom. The first-order valence-corrected chi connectivity index (χ1v) is 10.9. The second-order valence-corrected chi connectivity index (χ2v) is 7.57. The molecule has 1 aromatic rings. The van der Waals surface area contributed by atoms with Crippen LogP contribution in [0.3, 0.4) is 0 Å². The van der Waals surface area contributed by atoms with Crippen molar-refractivity contribution in [2.24, 2.45) is 10.9 Å². The third-order valence-electron chi connectivity index (χ3n) is 5.34. The Morgan fingerprint density at radius 2 is 1.94 bits per heavy atom. The van der Waals surface area contributed by atoms with Crippen molar-refractivity contribution in [2.75, 3.05) is 64.6 Å². The molecule has 31 heavy (non-hydrogen) atoms. The van der Waals surface area contributed by atoms with E-state index in [0.29, 0.717) is 12.5 Å². The van der Waals surface area contributed by atoms with E-state index in [4.69, 9.17) is 14.2 Å². The van der Waals surface area contributed by atoms with Crippen LogP contribution in [-0.2, 0) is 14.3 Å². The molecule has 0 radical (unpaired) electrons. The molecule has 2 aliphatic heterocycles. The highest BCUT2D eigenvalue weighted by Crippen LogP contribution is 2.31. The number of hydrogen-bond donors (Lipinski definition) is 2. The lowest BCUT2D eigenvalue weighted by atomic mass is 10.0. The monoisotopic (exact) mass is 546 g/mol. The predicted octanol–water partition coefficient (Wildman–Crippen LogP) is 2.42. The van der Waals surface area contributed by atoms with Crippen LogP contribution < -0.4 is 20.3 Å². The van der Waals surface area contributed by atoms with Crippen molar-refractivity contribution in [1.29, 1.82) is 0 Å². The zero-order chi connectivity index (χ0) is 21.0. The molecule has 2 heterocycles. The second-order valence-electron chi connectivity index (χ2n) is 7.57. The average molecular weight is 546 g/mol. The molecule has 2 aliphatic rings. The Hall–Kier alpha value is -1.59. The lowest BCUT2D eigenvalue weighted by Gasteiger charge is -2.29. The largest absolute Gasteiger partial charge is 0.482 e. The van der Waals surface area contributed by atoms with Crippen LogP contribution in [0.5, 0.6) is 5.75 Å². The number of hydrogen-bond acceptors (Lipinski definition) is 5. The zero-order valence-corrected chi connectivity index (χ0v) is 20.6. The molecule has 0 bridgehead atoms. The van der Waals surface area contributed by atoms with Crippen molar-refractivity contribution < 1.29 is 19.0 Å². The van der Waals surface area contributed by atoms with E-state index in [1.807, 2.05) is 24.3 Å². The summed E-state index contributed by atoms with van der Waals surface area (Å²) in [6.07, 6.45) is 3.96. The van der Waals surface area contributed by atoms with Gasteiger partial charge in [-0.05, 0) is 43.7 Å². The first-order chi connectivity index (χ1) is 14.8.